The maximum absolute atomic E-state index is 14.0. The van der Waals surface area contributed by atoms with E-state index in [2.05, 4.69) is 45.1 Å². The Hall–Kier alpha value is -4.11. The maximum Gasteiger partial charge on any atom is 0.226 e. The fourth-order valence-electron chi connectivity index (χ4n) is 5.02. The minimum atomic E-state index is -0.464. The van der Waals surface area contributed by atoms with Crippen LogP contribution in [0.3, 0.4) is 0 Å². The first kappa shape index (κ1) is 25.5. The lowest BCUT2D eigenvalue weighted by Gasteiger charge is -2.28. The predicted octanol–water partition coefficient (Wildman–Crippen LogP) is 5.08. The topological polar surface area (TPSA) is 75.1 Å². The molecule has 9 heteroatoms. The molecule has 1 aliphatic heterocycles. The summed E-state index contributed by atoms with van der Waals surface area (Å²) in [6.07, 6.45) is 5.52. The summed E-state index contributed by atoms with van der Waals surface area (Å²) in [4.78, 5) is 23.5. The molecule has 1 aromatic carbocycles. The molecule has 2 N–H and O–H groups in total. The Bertz CT molecular complexity index is 1440. The molecule has 3 aromatic heterocycles. The number of amides is 1. The van der Waals surface area contributed by atoms with Gasteiger partial charge in [-0.1, -0.05) is 18.2 Å². The quantitative estimate of drug-likeness (QED) is 0.311. The zero-order valence-electron chi connectivity index (χ0n) is 21.3. The van der Waals surface area contributed by atoms with Crippen LogP contribution in [0.5, 0.6) is 0 Å². The molecular weight excluding hydrogens is 499 g/mol. The van der Waals surface area contributed by atoms with Crippen molar-refractivity contribution in [3.63, 3.8) is 0 Å². The first-order chi connectivity index (χ1) is 18.4. The number of benzene rings is 1. The lowest BCUT2D eigenvalue weighted by molar-refractivity contribution is -0.116. The second-order valence-corrected chi connectivity index (χ2v) is 9.75. The van der Waals surface area contributed by atoms with Crippen molar-refractivity contribution in [2.24, 2.45) is 0 Å². The number of aromatic nitrogens is 3. The highest BCUT2D eigenvalue weighted by Crippen LogP contribution is 2.41. The van der Waals surface area contributed by atoms with E-state index in [0.29, 0.717) is 11.7 Å². The van der Waals surface area contributed by atoms with E-state index in [1.165, 1.54) is 6.07 Å². The van der Waals surface area contributed by atoms with Gasteiger partial charge in [0, 0.05) is 49.5 Å². The highest BCUT2D eigenvalue weighted by Gasteiger charge is 2.41. The Morgan fingerprint density at radius 1 is 1.08 bits per heavy atom. The Kier molecular flexibility index (Phi) is 7.46. The number of rotatable bonds is 8. The van der Waals surface area contributed by atoms with Crippen LogP contribution in [0.4, 0.5) is 10.1 Å². The molecule has 4 aromatic rings. The highest BCUT2D eigenvalue weighted by molar-refractivity contribution is 7.80. The maximum atomic E-state index is 14.0. The summed E-state index contributed by atoms with van der Waals surface area (Å²) >= 11 is 5.77. The van der Waals surface area contributed by atoms with Crippen LogP contribution in [-0.4, -0.2) is 37.0 Å². The van der Waals surface area contributed by atoms with Gasteiger partial charge in [-0.2, -0.15) is 0 Å². The number of thiocarbonyl (C=S) groups is 1. The lowest BCUT2D eigenvalue weighted by Crippen LogP contribution is -2.33. The van der Waals surface area contributed by atoms with Crippen molar-refractivity contribution in [2.75, 3.05) is 11.9 Å². The van der Waals surface area contributed by atoms with E-state index in [4.69, 9.17) is 12.2 Å². The second-order valence-electron chi connectivity index (χ2n) is 9.37. The molecule has 1 amide bonds. The molecule has 194 valence electrons. The van der Waals surface area contributed by atoms with Crippen LogP contribution in [0.2, 0.25) is 0 Å². The second kappa shape index (κ2) is 11.1. The number of aryl methyl sites for hydroxylation is 1. The van der Waals surface area contributed by atoms with Gasteiger partial charge < -0.3 is 20.1 Å². The number of nitrogens with one attached hydrogen (secondary N) is 2. The molecule has 2 atom stereocenters. The largest absolute Gasteiger partial charge is 0.352 e. The Morgan fingerprint density at radius 2 is 1.84 bits per heavy atom. The van der Waals surface area contributed by atoms with Crippen LogP contribution in [0.15, 0.2) is 79.3 Å². The Labute approximate surface area is 226 Å². The SMILES string of the molecule is Cc1cc([C@@H]2[C@@H](c3ccccn3)NC(=S)N2CCC(=O)Nc2ccccc2F)c(C)n1Cc1ccncc1. The summed E-state index contributed by atoms with van der Waals surface area (Å²) < 4.78 is 16.3. The van der Waals surface area contributed by atoms with Crippen LogP contribution in [-0.2, 0) is 11.3 Å². The van der Waals surface area contributed by atoms with Crippen LogP contribution in [0.1, 0.15) is 46.7 Å². The zero-order chi connectivity index (χ0) is 26.6. The molecule has 0 unspecified atom stereocenters. The summed E-state index contributed by atoms with van der Waals surface area (Å²) in [6, 6.07) is 17.8. The van der Waals surface area contributed by atoms with Gasteiger partial charge in [0.05, 0.1) is 23.5 Å². The monoisotopic (exact) mass is 528 g/mol. The summed E-state index contributed by atoms with van der Waals surface area (Å²) in [5, 5.41) is 6.67. The molecule has 0 aliphatic carbocycles. The minimum Gasteiger partial charge on any atom is -0.352 e. The van der Waals surface area contributed by atoms with E-state index in [1.807, 2.05) is 35.2 Å². The number of hydrogen-bond donors (Lipinski definition) is 2. The summed E-state index contributed by atoms with van der Waals surface area (Å²) in [6.45, 7) is 5.31. The number of carbonyl (C=O) groups excluding carboxylic acids is 1. The van der Waals surface area contributed by atoms with Crippen molar-refractivity contribution in [1.82, 2.24) is 24.8 Å². The van der Waals surface area contributed by atoms with Crippen molar-refractivity contribution in [3.8, 4) is 0 Å². The van der Waals surface area contributed by atoms with E-state index in [0.717, 1.165) is 34.8 Å². The smallest absolute Gasteiger partial charge is 0.226 e. The third-order valence-electron chi connectivity index (χ3n) is 6.95. The predicted molar refractivity (Wildman–Crippen MR) is 149 cm³/mol. The molecule has 1 aliphatic rings. The van der Waals surface area contributed by atoms with Gasteiger partial charge in [0.1, 0.15) is 5.82 Å². The molecule has 7 nitrogen and oxygen atoms in total. The minimum absolute atomic E-state index is 0.150. The van der Waals surface area contributed by atoms with Gasteiger partial charge in [-0.3, -0.25) is 14.8 Å². The number of hydrogen-bond acceptors (Lipinski definition) is 4. The highest BCUT2D eigenvalue weighted by atomic mass is 32.1. The van der Waals surface area contributed by atoms with E-state index in [-0.39, 0.29) is 30.1 Å². The number of anilines is 1. The molecule has 4 heterocycles. The molecule has 0 bridgehead atoms. The standard InChI is InChI=1S/C29H29FN6OS/c1-19-17-22(20(2)36(19)18-21-10-14-31-15-11-21)28-27(25-9-5-6-13-32-25)34-29(38)35(28)16-12-26(37)33-24-8-4-3-7-23(24)30/h3-11,13-15,17,27-28H,12,16,18H2,1-2H3,(H,33,37)(H,34,38)/t27-,28-/m1/s1. The van der Waals surface area contributed by atoms with Crippen molar-refractivity contribution in [3.05, 3.63) is 113 Å². The zero-order valence-corrected chi connectivity index (χ0v) is 22.1. The normalized spacial score (nSPS) is 16.9. The molecular formula is C29H29FN6OS. The summed E-state index contributed by atoms with van der Waals surface area (Å²) in [7, 11) is 0. The number of nitrogens with zero attached hydrogens (tertiary/aromatic N) is 4. The van der Waals surface area contributed by atoms with Crippen LogP contribution in [0.25, 0.3) is 0 Å². The van der Waals surface area contributed by atoms with E-state index in [9.17, 15) is 9.18 Å². The number of halogens is 1. The fraction of sp³-hybridized carbons (Fsp3) is 0.241. The molecule has 38 heavy (non-hydrogen) atoms. The third kappa shape index (κ3) is 5.28. The van der Waals surface area contributed by atoms with Crippen molar-refractivity contribution < 1.29 is 9.18 Å². The van der Waals surface area contributed by atoms with Gasteiger partial charge in [-0.05, 0) is 79.7 Å². The van der Waals surface area contributed by atoms with Gasteiger partial charge >= 0.3 is 0 Å². The third-order valence-corrected chi connectivity index (χ3v) is 7.30. The van der Waals surface area contributed by atoms with Crippen LogP contribution < -0.4 is 10.6 Å². The number of para-hydroxylation sites is 1. The van der Waals surface area contributed by atoms with E-state index >= 15 is 0 Å². The van der Waals surface area contributed by atoms with Gasteiger partial charge in [-0.15, -0.1) is 0 Å². The van der Waals surface area contributed by atoms with Gasteiger partial charge in [0.25, 0.3) is 0 Å². The average molecular weight is 529 g/mol. The van der Waals surface area contributed by atoms with Crippen LogP contribution in [0, 0.1) is 19.7 Å². The molecule has 1 fully saturated rings. The van der Waals surface area contributed by atoms with Crippen molar-refractivity contribution >= 4 is 28.9 Å². The molecule has 5 rings (SSSR count). The van der Waals surface area contributed by atoms with Crippen molar-refractivity contribution in [1.29, 1.82) is 0 Å². The first-order valence-electron chi connectivity index (χ1n) is 12.5. The van der Waals surface area contributed by atoms with Gasteiger partial charge in [0.15, 0.2) is 5.11 Å². The van der Waals surface area contributed by atoms with Crippen molar-refractivity contribution in [2.45, 2.75) is 38.9 Å². The van der Waals surface area contributed by atoms with E-state index in [1.54, 1.807) is 36.8 Å². The lowest BCUT2D eigenvalue weighted by atomic mass is 9.96. The number of pyridine rings is 2. The van der Waals surface area contributed by atoms with Gasteiger partial charge in [0.2, 0.25) is 5.91 Å². The fourth-order valence-corrected chi connectivity index (χ4v) is 5.36. The Balaban J connectivity index is 1.43. The van der Waals surface area contributed by atoms with E-state index < -0.39 is 5.82 Å². The molecule has 1 saturated heterocycles. The summed E-state index contributed by atoms with van der Waals surface area (Å²) in [5.41, 5.74) is 5.58. The first-order valence-corrected chi connectivity index (χ1v) is 12.9. The number of carbonyl (C=O) groups is 1. The molecule has 0 radical (unpaired) electrons. The van der Waals surface area contributed by atoms with Crippen LogP contribution >= 0.6 is 12.2 Å². The Morgan fingerprint density at radius 3 is 2.58 bits per heavy atom. The molecule has 0 spiro atoms. The van der Waals surface area contributed by atoms with Gasteiger partial charge in [-0.25, -0.2) is 4.39 Å². The average Bonchev–Trinajstić information content (AvgIpc) is 3.40. The molecule has 0 saturated carbocycles. The summed E-state index contributed by atoms with van der Waals surface area (Å²) in [5.74, 6) is -0.741.